The number of aromatic amines is 1. The first kappa shape index (κ1) is 27.4. The summed E-state index contributed by atoms with van der Waals surface area (Å²) in [7, 11) is -4.99. The zero-order valence-electron chi connectivity index (χ0n) is 20.0. The molecule has 0 radical (unpaired) electrons. The fraction of sp³-hybridized carbons (Fsp3) is 0.444. The van der Waals surface area contributed by atoms with Gasteiger partial charge in [0.25, 0.3) is 5.56 Å². The number of hydrogen-bond acceptors (Lipinski definition) is 14. The van der Waals surface area contributed by atoms with Crippen LogP contribution in [0.25, 0.3) is 22.3 Å². The van der Waals surface area contributed by atoms with Crippen molar-refractivity contribution in [2.24, 2.45) is 0 Å². The van der Waals surface area contributed by atoms with Crippen molar-refractivity contribution in [2.45, 2.75) is 37.8 Å². The van der Waals surface area contributed by atoms with Crippen LogP contribution in [-0.2, 0) is 52.4 Å². The average molecular weight is 619 g/mol. The Morgan fingerprint density at radius 1 is 1.20 bits per heavy atom. The third kappa shape index (κ3) is 5.18. The van der Waals surface area contributed by atoms with Crippen molar-refractivity contribution in [3.05, 3.63) is 35.0 Å². The van der Waals surface area contributed by atoms with Gasteiger partial charge in [0.05, 0.1) is 25.7 Å². The second-order valence-corrected chi connectivity index (χ2v) is 12.8. The smallest absolute Gasteiger partial charge is 0.369 e. The predicted molar refractivity (Wildman–Crippen MR) is 135 cm³/mol. The van der Waals surface area contributed by atoms with Crippen molar-refractivity contribution in [3.8, 4) is 0 Å². The lowest BCUT2D eigenvalue weighted by atomic mass is 10.1. The van der Waals surface area contributed by atoms with Gasteiger partial charge in [-0.3, -0.25) is 23.4 Å². The average Bonchev–Trinajstić information content (AvgIpc) is 3.55. The fourth-order valence-corrected chi connectivity index (χ4v) is 6.34. The van der Waals surface area contributed by atoms with Gasteiger partial charge in [0, 0.05) is 6.54 Å². The number of H-pyrrole nitrogens is 1. The SMILES string of the molecule is Nc1nc2c(ncn2[C@@H]2O[C@@H]3COP(O)(=S)OCCn4c(nc5cncnc54)COP(=O)(O)O[C@@H]2[C@H]3F)c(=O)[nH]1. The van der Waals surface area contributed by atoms with Gasteiger partial charge in [0.2, 0.25) is 5.95 Å². The van der Waals surface area contributed by atoms with Crippen LogP contribution in [0, 0.1) is 0 Å². The molecule has 0 spiro atoms. The Bertz CT molecular complexity index is 1750. The number of hydrogen-bond donors (Lipinski definition) is 4. The van der Waals surface area contributed by atoms with Crippen LogP contribution in [0.3, 0.4) is 0 Å². The Labute approximate surface area is 227 Å². The number of aromatic nitrogens is 8. The number of fused-ring (bicyclic) bond motifs is 6. The number of nitrogens with zero attached hydrogens (tertiary/aromatic N) is 7. The van der Waals surface area contributed by atoms with Crippen LogP contribution in [0.2, 0.25) is 0 Å². The maximum atomic E-state index is 15.7. The molecule has 40 heavy (non-hydrogen) atoms. The number of halogens is 1. The Morgan fingerprint density at radius 3 is 2.85 bits per heavy atom. The predicted octanol–water partition coefficient (Wildman–Crippen LogP) is 0.0430. The number of alkyl halides is 1. The molecule has 18 nitrogen and oxygen atoms in total. The lowest BCUT2D eigenvalue weighted by molar-refractivity contribution is -0.0490. The monoisotopic (exact) mass is 619 g/mol. The number of anilines is 1. The molecular weight excluding hydrogens is 599 g/mol. The molecular formula is C18H20FN9O9P2S. The minimum Gasteiger partial charge on any atom is -0.369 e. The van der Waals surface area contributed by atoms with Gasteiger partial charge >= 0.3 is 14.5 Å². The minimum absolute atomic E-state index is 0.0461. The lowest BCUT2D eigenvalue weighted by Crippen LogP contribution is -2.32. The second-order valence-electron chi connectivity index (χ2n) is 8.61. The molecule has 2 unspecified atom stereocenters. The molecule has 214 valence electrons. The van der Waals surface area contributed by atoms with Crippen LogP contribution in [0.4, 0.5) is 10.3 Å². The molecule has 2 aliphatic rings. The van der Waals surface area contributed by atoms with Crippen LogP contribution in [0.15, 0.2) is 23.6 Å². The summed E-state index contributed by atoms with van der Waals surface area (Å²) in [6.45, 7) is -5.20. The number of phosphoric ester groups is 1. The molecule has 22 heteroatoms. The van der Waals surface area contributed by atoms with E-state index >= 15 is 4.39 Å². The second kappa shape index (κ2) is 10.3. The number of phosphoric acid groups is 1. The molecule has 0 aliphatic carbocycles. The van der Waals surface area contributed by atoms with Crippen LogP contribution >= 0.6 is 14.5 Å². The summed E-state index contributed by atoms with van der Waals surface area (Å²) in [5.74, 6) is -0.130. The first-order valence-corrected chi connectivity index (χ1v) is 15.5. The van der Waals surface area contributed by atoms with Gasteiger partial charge in [-0.25, -0.2) is 28.9 Å². The molecule has 1 fully saturated rings. The summed E-state index contributed by atoms with van der Waals surface area (Å²) in [5, 5.41) is 0. The van der Waals surface area contributed by atoms with Gasteiger partial charge in [0.15, 0.2) is 29.2 Å². The van der Waals surface area contributed by atoms with Crippen LogP contribution in [-0.4, -0.2) is 80.4 Å². The molecule has 6 rings (SSSR count). The topological polar surface area (TPSA) is 237 Å². The molecule has 0 aromatic carbocycles. The van der Waals surface area contributed by atoms with Crippen molar-refractivity contribution in [1.82, 2.24) is 39.0 Å². The molecule has 6 atom stereocenters. The summed E-state index contributed by atoms with van der Waals surface area (Å²) < 4.78 is 58.3. The van der Waals surface area contributed by atoms with Crippen LogP contribution in [0.5, 0.6) is 0 Å². The maximum absolute atomic E-state index is 15.7. The summed E-state index contributed by atoms with van der Waals surface area (Å²) in [6.07, 6.45) is -3.09. The van der Waals surface area contributed by atoms with Gasteiger partial charge in [-0.05, 0) is 11.8 Å². The fourth-order valence-electron chi connectivity index (χ4n) is 4.34. The zero-order valence-corrected chi connectivity index (χ0v) is 22.6. The molecule has 4 aromatic rings. The molecule has 0 amide bonds. The Kier molecular flexibility index (Phi) is 7.02. The van der Waals surface area contributed by atoms with Crippen molar-refractivity contribution >= 4 is 54.6 Å². The summed E-state index contributed by atoms with van der Waals surface area (Å²) in [4.78, 5) is 56.0. The number of nitrogens with two attached hydrogens (primary N) is 1. The summed E-state index contributed by atoms with van der Waals surface area (Å²) in [5.41, 5.74) is 5.41. The molecule has 4 aromatic heterocycles. The van der Waals surface area contributed by atoms with E-state index in [0.717, 1.165) is 10.9 Å². The standard InChI is InChI=1S/C18H20FN9O9P2S/c19-11-9-4-35-39(32,40)33-2-1-27-10(24-8-3-21-6-22-14(8)27)5-34-38(30,31)37-13(11)17(36-9)28-7-23-12-15(28)25-18(20)26-16(12)29/h3,6-7,9,11,13,17H,1-2,4-5H2,(H,30,31)(H,32,40)(H3,20,25,26,29)/t9-,11+,13-,17-,39?/m1/s1. The van der Waals surface area contributed by atoms with E-state index in [2.05, 4.69) is 29.9 Å². The third-order valence-corrected chi connectivity index (χ3v) is 8.64. The molecule has 5 N–H and O–H groups in total. The highest BCUT2D eigenvalue weighted by molar-refractivity contribution is 8.07. The highest BCUT2D eigenvalue weighted by Crippen LogP contribution is 2.51. The van der Waals surface area contributed by atoms with Crippen molar-refractivity contribution in [2.75, 3.05) is 18.9 Å². The van der Waals surface area contributed by atoms with Crippen LogP contribution in [0.1, 0.15) is 12.1 Å². The van der Waals surface area contributed by atoms with Crippen LogP contribution < -0.4 is 11.3 Å². The molecule has 0 saturated carbocycles. The first-order chi connectivity index (χ1) is 19.0. The molecule has 2 aliphatic heterocycles. The highest BCUT2D eigenvalue weighted by atomic mass is 32.5. The van der Waals surface area contributed by atoms with E-state index in [1.165, 1.54) is 17.1 Å². The van der Waals surface area contributed by atoms with Gasteiger partial charge in [-0.2, -0.15) is 4.98 Å². The van der Waals surface area contributed by atoms with Gasteiger partial charge < -0.3 is 33.9 Å². The number of nitrogen functional groups attached to an aromatic ring is 1. The molecule has 2 bridgehead atoms. The van der Waals surface area contributed by atoms with Crippen molar-refractivity contribution in [3.63, 3.8) is 0 Å². The Morgan fingerprint density at radius 2 is 2.02 bits per heavy atom. The quantitative estimate of drug-likeness (QED) is 0.206. The number of ether oxygens (including phenoxy) is 1. The van der Waals surface area contributed by atoms with E-state index in [4.69, 9.17) is 40.4 Å². The minimum atomic E-state index is -4.99. The number of imidazole rings is 2. The largest absolute Gasteiger partial charge is 0.473 e. The van der Waals surface area contributed by atoms with Gasteiger partial charge in [0.1, 0.15) is 36.5 Å². The Balaban J connectivity index is 1.38. The molecule has 6 heterocycles. The van der Waals surface area contributed by atoms with E-state index in [-0.39, 0.29) is 36.1 Å². The third-order valence-electron chi connectivity index (χ3n) is 6.06. The maximum Gasteiger partial charge on any atom is 0.473 e. The van der Waals surface area contributed by atoms with E-state index in [9.17, 15) is 19.1 Å². The highest BCUT2D eigenvalue weighted by Gasteiger charge is 2.51. The van der Waals surface area contributed by atoms with E-state index in [1.807, 2.05) is 0 Å². The first-order valence-electron chi connectivity index (χ1n) is 11.5. The van der Waals surface area contributed by atoms with Gasteiger partial charge in [-0.15, -0.1) is 0 Å². The molecule has 1 saturated heterocycles. The van der Waals surface area contributed by atoms with Gasteiger partial charge in [-0.1, -0.05) is 0 Å². The van der Waals surface area contributed by atoms with Crippen molar-refractivity contribution < 1.29 is 41.6 Å². The number of nitrogens with one attached hydrogen (secondary N) is 1. The summed E-state index contributed by atoms with van der Waals surface area (Å²) >= 11 is 5.05. The van der Waals surface area contributed by atoms with E-state index in [1.54, 1.807) is 0 Å². The van der Waals surface area contributed by atoms with Crippen molar-refractivity contribution in [1.29, 1.82) is 0 Å². The van der Waals surface area contributed by atoms with E-state index in [0.29, 0.717) is 11.2 Å². The van der Waals surface area contributed by atoms with E-state index < -0.39 is 57.9 Å². The summed E-state index contributed by atoms with van der Waals surface area (Å²) in [6, 6.07) is 0. The zero-order chi connectivity index (χ0) is 28.2. The normalized spacial score (nSPS) is 32.1. The Hall–Kier alpha value is -2.77. The number of rotatable bonds is 1. The lowest BCUT2D eigenvalue weighted by Gasteiger charge is -2.23.